The van der Waals surface area contributed by atoms with E-state index in [9.17, 15) is 4.79 Å². The average molecular weight is 306 g/mol. The van der Waals surface area contributed by atoms with Crippen molar-refractivity contribution in [2.75, 3.05) is 6.54 Å². The average Bonchev–Trinajstić information content (AvgIpc) is 2.25. The standard InChI is InChI=1S/C11H14BrClN2O/c1-7(2)9(12)5-15-11(16)8-3-4-14-6-10(8)13/h3-4,6-7,9H,5H2,1-2H3,(H,15,16). The smallest absolute Gasteiger partial charge is 0.252 e. The van der Waals surface area contributed by atoms with Gasteiger partial charge in [0.1, 0.15) is 0 Å². The third-order valence-corrected chi connectivity index (χ3v) is 3.88. The lowest BCUT2D eigenvalue weighted by atomic mass is 10.1. The molecule has 1 rings (SSSR count). The number of hydrogen-bond acceptors (Lipinski definition) is 2. The van der Waals surface area contributed by atoms with E-state index in [0.29, 0.717) is 23.0 Å². The van der Waals surface area contributed by atoms with Crippen molar-refractivity contribution in [1.29, 1.82) is 0 Å². The van der Waals surface area contributed by atoms with Gasteiger partial charge in [-0.2, -0.15) is 0 Å². The Labute approximate surface area is 109 Å². The number of rotatable bonds is 4. The predicted molar refractivity (Wildman–Crippen MR) is 69.1 cm³/mol. The number of carbonyl (C=O) groups excluding carboxylic acids is 1. The van der Waals surface area contributed by atoms with E-state index in [4.69, 9.17) is 11.6 Å². The van der Waals surface area contributed by atoms with Crippen molar-refractivity contribution in [1.82, 2.24) is 10.3 Å². The van der Waals surface area contributed by atoms with Crippen LogP contribution in [0.1, 0.15) is 24.2 Å². The van der Waals surface area contributed by atoms with Crippen molar-refractivity contribution in [3.63, 3.8) is 0 Å². The van der Waals surface area contributed by atoms with Crippen molar-refractivity contribution < 1.29 is 4.79 Å². The highest BCUT2D eigenvalue weighted by molar-refractivity contribution is 9.09. The molecule has 1 amide bonds. The molecule has 0 spiro atoms. The van der Waals surface area contributed by atoms with Gasteiger partial charge in [0.15, 0.2) is 0 Å². The van der Waals surface area contributed by atoms with Crippen LogP contribution in [-0.4, -0.2) is 22.3 Å². The Balaban J connectivity index is 2.57. The number of aromatic nitrogens is 1. The molecule has 0 aliphatic heterocycles. The van der Waals surface area contributed by atoms with E-state index in [-0.39, 0.29) is 10.7 Å². The number of nitrogens with zero attached hydrogens (tertiary/aromatic N) is 1. The first kappa shape index (κ1) is 13.5. The van der Waals surface area contributed by atoms with E-state index in [0.717, 1.165) is 0 Å². The molecule has 1 aromatic heterocycles. The van der Waals surface area contributed by atoms with E-state index < -0.39 is 0 Å². The van der Waals surface area contributed by atoms with Gasteiger partial charge < -0.3 is 5.32 Å². The normalized spacial score (nSPS) is 12.6. The first-order chi connectivity index (χ1) is 7.52. The van der Waals surface area contributed by atoms with Gasteiger partial charge in [0.2, 0.25) is 0 Å². The number of hydrogen-bond donors (Lipinski definition) is 1. The number of halogens is 2. The van der Waals surface area contributed by atoms with Gasteiger partial charge >= 0.3 is 0 Å². The van der Waals surface area contributed by atoms with E-state index in [1.54, 1.807) is 12.3 Å². The van der Waals surface area contributed by atoms with E-state index in [2.05, 4.69) is 40.1 Å². The van der Waals surface area contributed by atoms with Crippen LogP contribution in [0.15, 0.2) is 18.5 Å². The van der Waals surface area contributed by atoms with Crippen molar-refractivity contribution in [3.05, 3.63) is 29.0 Å². The molecular formula is C11H14BrClN2O. The number of nitrogens with one attached hydrogen (secondary N) is 1. The second-order valence-electron chi connectivity index (χ2n) is 3.83. The second kappa shape index (κ2) is 6.21. The maximum Gasteiger partial charge on any atom is 0.252 e. The highest BCUT2D eigenvalue weighted by Gasteiger charge is 2.13. The summed E-state index contributed by atoms with van der Waals surface area (Å²) in [7, 11) is 0. The lowest BCUT2D eigenvalue weighted by Crippen LogP contribution is -2.31. The minimum Gasteiger partial charge on any atom is -0.351 e. The highest BCUT2D eigenvalue weighted by atomic mass is 79.9. The largest absolute Gasteiger partial charge is 0.351 e. The fraction of sp³-hybridized carbons (Fsp3) is 0.455. The predicted octanol–water partition coefficient (Wildman–Crippen LogP) is 2.88. The summed E-state index contributed by atoms with van der Waals surface area (Å²) in [6, 6.07) is 1.61. The summed E-state index contributed by atoms with van der Waals surface area (Å²) >= 11 is 9.36. The van der Waals surface area contributed by atoms with Crippen LogP contribution in [0.2, 0.25) is 5.02 Å². The molecule has 1 aromatic rings. The molecule has 1 atom stereocenters. The van der Waals surface area contributed by atoms with Crippen LogP contribution in [0.5, 0.6) is 0 Å². The number of pyridine rings is 1. The van der Waals surface area contributed by atoms with Crippen LogP contribution in [0.3, 0.4) is 0 Å². The lowest BCUT2D eigenvalue weighted by Gasteiger charge is -2.14. The van der Waals surface area contributed by atoms with Crippen LogP contribution < -0.4 is 5.32 Å². The molecule has 0 aliphatic carbocycles. The zero-order valence-electron chi connectivity index (χ0n) is 9.21. The van der Waals surface area contributed by atoms with Crippen molar-refractivity contribution >= 4 is 33.4 Å². The Morgan fingerprint density at radius 1 is 1.62 bits per heavy atom. The molecule has 5 heteroatoms. The van der Waals surface area contributed by atoms with Crippen LogP contribution in [0.4, 0.5) is 0 Å². The molecule has 1 heterocycles. The fourth-order valence-corrected chi connectivity index (χ4v) is 1.45. The summed E-state index contributed by atoms with van der Waals surface area (Å²) in [6.07, 6.45) is 3.01. The molecular weight excluding hydrogens is 291 g/mol. The maximum absolute atomic E-state index is 11.7. The third kappa shape index (κ3) is 3.76. The Kier molecular flexibility index (Phi) is 5.22. The van der Waals surface area contributed by atoms with E-state index >= 15 is 0 Å². The van der Waals surface area contributed by atoms with Crippen LogP contribution in [-0.2, 0) is 0 Å². The number of carbonyl (C=O) groups is 1. The topological polar surface area (TPSA) is 42.0 Å². The Hall–Kier alpha value is -0.610. The van der Waals surface area contributed by atoms with Gasteiger partial charge in [0, 0.05) is 23.8 Å². The van der Waals surface area contributed by atoms with Gasteiger partial charge in [-0.05, 0) is 12.0 Å². The molecule has 0 bridgehead atoms. The molecule has 3 nitrogen and oxygen atoms in total. The molecule has 0 aliphatic rings. The Bertz CT molecular complexity index is 371. The van der Waals surface area contributed by atoms with Crippen LogP contribution >= 0.6 is 27.5 Å². The summed E-state index contributed by atoms with van der Waals surface area (Å²) < 4.78 is 0. The molecule has 88 valence electrons. The van der Waals surface area contributed by atoms with Gasteiger partial charge in [-0.15, -0.1) is 0 Å². The van der Waals surface area contributed by atoms with Gasteiger partial charge in [-0.1, -0.05) is 41.4 Å². The van der Waals surface area contributed by atoms with Gasteiger partial charge in [-0.3, -0.25) is 9.78 Å². The molecule has 1 N–H and O–H groups in total. The van der Waals surface area contributed by atoms with Crippen molar-refractivity contribution in [2.24, 2.45) is 5.92 Å². The summed E-state index contributed by atoms with van der Waals surface area (Å²) in [4.78, 5) is 15.8. The summed E-state index contributed by atoms with van der Waals surface area (Å²) in [6.45, 7) is 4.76. The molecule has 0 radical (unpaired) electrons. The van der Waals surface area contributed by atoms with Crippen LogP contribution in [0.25, 0.3) is 0 Å². The second-order valence-corrected chi connectivity index (χ2v) is 5.41. The molecule has 0 saturated heterocycles. The monoisotopic (exact) mass is 304 g/mol. The van der Waals surface area contributed by atoms with Gasteiger partial charge in [0.25, 0.3) is 5.91 Å². The fourth-order valence-electron chi connectivity index (χ4n) is 1.08. The summed E-state index contributed by atoms with van der Waals surface area (Å²) in [5.41, 5.74) is 0.458. The SMILES string of the molecule is CC(C)C(Br)CNC(=O)c1ccncc1Cl. The molecule has 0 saturated carbocycles. The Morgan fingerprint density at radius 3 is 2.88 bits per heavy atom. The minimum absolute atomic E-state index is 0.169. The number of amides is 1. The lowest BCUT2D eigenvalue weighted by molar-refractivity contribution is 0.0953. The maximum atomic E-state index is 11.7. The van der Waals surface area contributed by atoms with Crippen molar-refractivity contribution in [3.8, 4) is 0 Å². The third-order valence-electron chi connectivity index (χ3n) is 2.20. The summed E-state index contributed by atoms with van der Waals surface area (Å²) in [5.74, 6) is 0.297. The van der Waals surface area contributed by atoms with Gasteiger partial charge in [-0.25, -0.2) is 0 Å². The quantitative estimate of drug-likeness (QED) is 0.869. The zero-order valence-corrected chi connectivity index (χ0v) is 11.5. The van der Waals surface area contributed by atoms with Crippen LogP contribution in [0, 0.1) is 5.92 Å². The van der Waals surface area contributed by atoms with Crippen molar-refractivity contribution in [2.45, 2.75) is 18.7 Å². The zero-order chi connectivity index (χ0) is 12.1. The molecule has 1 unspecified atom stereocenters. The van der Waals surface area contributed by atoms with Gasteiger partial charge in [0.05, 0.1) is 10.6 Å². The van der Waals surface area contributed by atoms with E-state index in [1.807, 2.05) is 0 Å². The first-order valence-electron chi connectivity index (χ1n) is 5.04. The minimum atomic E-state index is -0.169. The number of alkyl halides is 1. The Morgan fingerprint density at radius 2 is 2.31 bits per heavy atom. The first-order valence-corrected chi connectivity index (χ1v) is 6.33. The molecule has 0 aromatic carbocycles. The molecule has 0 fully saturated rings. The molecule has 16 heavy (non-hydrogen) atoms. The van der Waals surface area contributed by atoms with E-state index in [1.165, 1.54) is 6.20 Å². The summed E-state index contributed by atoms with van der Waals surface area (Å²) in [5, 5.41) is 3.19. The highest BCUT2D eigenvalue weighted by Crippen LogP contribution is 2.14.